The highest BCUT2D eigenvalue weighted by molar-refractivity contribution is 5.67. The molecule has 0 atom stereocenters. The molecular weight excluding hydrogens is 354 g/mol. The summed E-state index contributed by atoms with van der Waals surface area (Å²) in [7, 11) is 0. The fourth-order valence-corrected chi connectivity index (χ4v) is 3.24. The fraction of sp³-hybridized carbons (Fsp3) is 0.476. The molecule has 0 aliphatic carbocycles. The predicted octanol–water partition coefficient (Wildman–Crippen LogP) is 4.00. The van der Waals surface area contributed by atoms with Crippen LogP contribution in [0.1, 0.15) is 33.6 Å². The van der Waals surface area contributed by atoms with E-state index in [-0.39, 0.29) is 18.2 Å². The lowest BCUT2D eigenvalue weighted by Gasteiger charge is -2.32. The number of likely N-dealkylation sites (tertiary alicyclic amines) is 1. The molecule has 1 amide bonds. The van der Waals surface area contributed by atoms with E-state index >= 15 is 0 Å². The monoisotopic (exact) mass is 383 g/mol. The van der Waals surface area contributed by atoms with Crippen LogP contribution >= 0.6 is 0 Å². The number of hydrogen-bond acceptors (Lipinski definition) is 6. The molecule has 2 heterocycles. The van der Waals surface area contributed by atoms with Crippen molar-refractivity contribution in [2.75, 3.05) is 30.3 Å². The molecule has 1 saturated heterocycles. The van der Waals surface area contributed by atoms with Gasteiger partial charge in [-0.05, 0) is 33.6 Å². The number of aromatic nitrogens is 2. The number of amides is 1. The van der Waals surface area contributed by atoms with Gasteiger partial charge < -0.3 is 20.3 Å². The van der Waals surface area contributed by atoms with Gasteiger partial charge in [0.1, 0.15) is 11.6 Å². The number of carbonyl (C=O) groups is 1. The highest BCUT2D eigenvalue weighted by Gasteiger charge is 2.24. The van der Waals surface area contributed by atoms with Crippen LogP contribution in [0.15, 0.2) is 36.4 Å². The average Bonchev–Trinajstić information content (AvgIpc) is 2.69. The van der Waals surface area contributed by atoms with Crippen LogP contribution in [0.3, 0.4) is 0 Å². The summed E-state index contributed by atoms with van der Waals surface area (Å²) in [4.78, 5) is 23.0. The van der Waals surface area contributed by atoms with E-state index in [9.17, 15) is 4.79 Å². The van der Waals surface area contributed by atoms with Crippen LogP contribution in [0, 0.1) is 0 Å². The Labute approximate surface area is 166 Å². The molecular formula is C21H29N5O2. The van der Waals surface area contributed by atoms with Crippen molar-refractivity contribution >= 4 is 17.7 Å². The lowest BCUT2D eigenvalue weighted by Crippen LogP contribution is -2.42. The first-order chi connectivity index (χ1) is 13.5. The van der Waals surface area contributed by atoms with Crippen LogP contribution in [0.2, 0.25) is 0 Å². The van der Waals surface area contributed by atoms with E-state index in [0.717, 1.165) is 30.0 Å². The van der Waals surface area contributed by atoms with Gasteiger partial charge in [0.2, 0.25) is 0 Å². The summed E-state index contributed by atoms with van der Waals surface area (Å²) < 4.78 is 5.09. The molecule has 2 N–H and O–H groups in total. The lowest BCUT2D eigenvalue weighted by atomic mass is 10.1. The minimum atomic E-state index is -0.224. The Kier molecular flexibility index (Phi) is 6.68. The Morgan fingerprint density at radius 3 is 2.50 bits per heavy atom. The second kappa shape index (κ2) is 9.39. The Hall–Kier alpha value is -2.83. The number of nitrogens with zero attached hydrogens (tertiary/aromatic N) is 3. The molecule has 7 heteroatoms. The summed E-state index contributed by atoms with van der Waals surface area (Å²) in [6.45, 7) is 7.78. The summed E-state index contributed by atoms with van der Waals surface area (Å²) in [5, 5.41) is 6.89. The highest BCUT2D eigenvalue weighted by atomic mass is 16.6. The quantitative estimate of drug-likeness (QED) is 0.785. The fourth-order valence-electron chi connectivity index (χ4n) is 3.24. The second-order valence-electron chi connectivity index (χ2n) is 7.23. The third kappa shape index (κ3) is 5.34. The van der Waals surface area contributed by atoms with Gasteiger partial charge in [0.15, 0.2) is 5.82 Å². The minimum Gasteiger partial charge on any atom is -0.450 e. The first-order valence-corrected chi connectivity index (χ1v) is 9.94. The van der Waals surface area contributed by atoms with E-state index in [1.54, 1.807) is 4.90 Å². The van der Waals surface area contributed by atoms with Gasteiger partial charge >= 0.3 is 6.09 Å². The molecule has 0 spiro atoms. The van der Waals surface area contributed by atoms with Gasteiger partial charge in [0.25, 0.3) is 0 Å². The number of piperidine rings is 1. The third-order valence-corrected chi connectivity index (χ3v) is 4.57. The third-order valence-electron chi connectivity index (χ3n) is 4.57. The molecule has 1 fully saturated rings. The number of anilines is 2. The van der Waals surface area contributed by atoms with Crippen molar-refractivity contribution in [2.45, 2.75) is 45.7 Å². The van der Waals surface area contributed by atoms with Crippen LogP contribution in [0.4, 0.5) is 16.4 Å². The molecule has 0 saturated carbocycles. The largest absolute Gasteiger partial charge is 0.450 e. The molecule has 0 bridgehead atoms. The smallest absolute Gasteiger partial charge is 0.409 e. The van der Waals surface area contributed by atoms with Crippen molar-refractivity contribution in [1.82, 2.24) is 14.9 Å². The molecule has 0 unspecified atom stereocenters. The van der Waals surface area contributed by atoms with Crippen molar-refractivity contribution in [3.63, 3.8) is 0 Å². The zero-order valence-electron chi connectivity index (χ0n) is 16.8. The standard InChI is InChI=1S/C21H29N5O2/c1-4-28-21(27)26-12-10-17(11-13-26)23-19-14-18(22-15(2)3)24-20(25-19)16-8-6-5-7-9-16/h5-9,14-15,17H,4,10-13H2,1-3H3,(H2,22,23,24,25). The van der Waals surface area contributed by atoms with Crippen LogP contribution in [0.25, 0.3) is 11.4 Å². The van der Waals surface area contributed by atoms with E-state index < -0.39 is 0 Å². The molecule has 1 aromatic carbocycles. The van der Waals surface area contributed by atoms with Gasteiger partial charge in [0.05, 0.1) is 6.61 Å². The van der Waals surface area contributed by atoms with E-state index in [1.165, 1.54) is 0 Å². The Morgan fingerprint density at radius 1 is 1.18 bits per heavy atom. The molecule has 150 valence electrons. The van der Waals surface area contributed by atoms with Crippen LogP contribution in [-0.2, 0) is 4.74 Å². The van der Waals surface area contributed by atoms with Crippen molar-refractivity contribution < 1.29 is 9.53 Å². The van der Waals surface area contributed by atoms with Crippen LogP contribution in [0.5, 0.6) is 0 Å². The number of nitrogens with one attached hydrogen (secondary N) is 2. The number of rotatable bonds is 6. The van der Waals surface area contributed by atoms with E-state index in [2.05, 4.69) is 29.5 Å². The predicted molar refractivity (Wildman–Crippen MR) is 111 cm³/mol. The minimum absolute atomic E-state index is 0.224. The van der Waals surface area contributed by atoms with Crippen molar-refractivity contribution in [3.8, 4) is 11.4 Å². The summed E-state index contributed by atoms with van der Waals surface area (Å²) in [6, 6.07) is 12.5. The second-order valence-corrected chi connectivity index (χ2v) is 7.23. The number of benzene rings is 1. The maximum atomic E-state index is 11.9. The SMILES string of the molecule is CCOC(=O)N1CCC(Nc2cc(NC(C)C)nc(-c3ccccc3)n2)CC1. The maximum Gasteiger partial charge on any atom is 0.409 e. The maximum absolute atomic E-state index is 11.9. The van der Waals surface area contributed by atoms with Gasteiger partial charge in [-0.15, -0.1) is 0 Å². The molecule has 1 aliphatic rings. The van der Waals surface area contributed by atoms with E-state index in [1.807, 2.05) is 43.3 Å². The van der Waals surface area contributed by atoms with Gasteiger partial charge in [-0.3, -0.25) is 0 Å². The molecule has 28 heavy (non-hydrogen) atoms. The van der Waals surface area contributed by atoms with Crippen LogP contribution in [-0.4, -0.2) is 52.7 Å². The van der Waals surface area contributed by atoms with E-state index in [0.29, 0.717) is 25.5 Å². The number of hydrogen-bond donors (Lipinski definition) is 2. The first-order valence-electron chi connectivity index (χ1n) is 9.94. The van der Waals surface area contributed by atoms with Crippen molar-refractivity contribution in [2.24, 2.45) is 0 Å². The van der Waals surface area contributed by atoms with Crippen LogP contribution < -0.4 is 10.6 Å². The number of carbonyl (C=O) groups excluding carboxylic acids is 1. The zero-order chi connectivity index (χ0) is 19.9. The average molecular weight is 383 g/mol. The van der Waals surface area contributed by atoms with Gasteiger partial charge in [-0.25, -0.2) is 14.8 Å². The summed E-state index contributed by atoms with van der Waals surface area (Å²) >= 11 is 0. The zero-order valence-corrected chi connectivity index (χ0v) is 16.8. The summed E-state index contributed by atoms with van der Waals surface area (Å²) in [6.07, 6.45) is 1.49. The molecule has 1 aromatic heterocycles. The lowest BCUT2D eigenvalue weighted by molar-refractivity contribution is 0.0983. The highest BCUT2D eigenvalue weighted by Crippen LogP contribution is 2.23. The first kappa shape index (κ1) is 19.9. The Bertz CT molecular complexity index is 774. The van der Waals surface area contributed by atoms with Gasteiger partial charge in [-0.1, -0.05) is 30.3 Å². The normalized spacial score (nSPS) is 14.8. The summed E-state index contributed by atoms with van der Waals surface area (Å²) in [5.41, 5.74) is 0.982. The van der Waals surface area contributed by atoms with Gasteiger partial charge in [0, 0.05) is 36.8 Å². The number of ether oxygens (including phenoxy) is 1. The summed E-state index contributed by atoms with van der Waals surface area (Å²) in [5.74, 6) is 2.29. The van der Waals surface area contributed by atoms with Crippen molar-refractivity contribution in [1.29, 1.82) is 0 Å². The molecule has 2 aromatic rings. The Morgan fingerprint density at radius 2 is 1.86 bits per heavy atom. The molecule has 3 rings (SSSR count). The van der Waals surface area contributed by atoms with Crippen molar-refractivity contribution in [3.05, 3.63) is 36.4 Å². The van der Waals surface area contributed by atoms with Gasteiger partial charge in [-0.2, -0.15) is 0 Å². The Balaban J connectivity index is 1.72. The molecule has 1 aliphatic heterocycles. The van der Waals surface area contributed by atoms with E-state index in [4.69, 9.17) is 9.72 Å². The molecule has 0 radical (unpaired) electrons. The molecule has 7 nitrogen and oxygen atoms in total. The topological polar surface area (TPSA) is 79.4 Å².